The molecular weight excluding hydrogens is 514 g/mol. The number of nitrogens with two attached hydrogens (primary N) is 2. The van der Waals surface area contributed by atoms with E-state index in [9.17, 15) is 34.2 Å². The van der Waals surface area contributed by atoms with Gasteiger partial charge in [-0.15, -0.1) is 0 Å². The molecule has 0 aliphatic carbocycles. The number of phenolic OH excluding ortho intramolecular Hbond substituents is 1. The average molecular weight is 546 g/mol. The Morgan fingerprint density at radius 1 is 0.763 bits per heavy atom. The van der Waals surface area contributed by atoms with Gasteiger partial charge in [0.2, 0.25) is 23.6 Å². The summed E-state index contributed by atoms with van der Waals surface area (Å²) >= 11 is 4.08. The van der Waals surface area contributed by atoms with E-state index in [4.69, 9.17) is 11.5 Å². The highest BCUT2D eigenvalue weighted by atomic mass is 32.1. The first-order valence-corrected chi connectivity index (χ1v) is 12.2. The number of amides is 4. The predicted molar refractivity (Wildman–Crippen MR) is 141 cm³/mol. The van der Waals surface area contributed by atoms with Gasteiger partial charge in [0.25, 0.3) is 0 Å². The summed E-state index contributed by atoms with van der Waals surface area (Å²) in [7, 11) is 0. The number of hydrogen-bond donors (Lipinski definition) is 8. The molecule has 0 aromatic heterocycles. The van der Waals surface area contributed by atoms with E-state index in [-0.39, 0.29) is 24.3 Å². The van der Waals surface area contributed by atoms with Crippen LogP contribution >= 0.6 is 12.6 Å². The summed E-state index contributed by atoms with van der Waals surface area (Å²) in [5.74, 6) is -4.55. The first kappa shape index (κ1) is 30.1. The maximum atomic E-state index is 13.2. The van der Waals surface area contributed by atoms with E-state index in [0.29, 0.717) is 11.1 Å². The van der Waals surface area contributed by atoms with Crippen LogP contribution in [0.4, 0.5) is 0 Å². The number of thiol groups is 1. The lowest BCUT2D eigenvalue weighted by atomic mass is 10.0. The van der Waals surface area contributed by atoms with Gasteiger partial charge in [-0.1, -0.05) is 42.5 Å². The third-order valence-corrected chi connectivity index (χ3v) is 5.84. The number of phenols is 1. The van der Waals surface area contributed by atoms with E-state index in [1.54, 1.807) is 30.3 Å². The third kappa shape index (κ3) is 9.75. The number of hydrogen-bond acceptors (Lipinski definition) is 8. The normalized spacial score (nSPS) is 13.8. The molecule has 0 bridgehead atoms. The molecule has 13 heteroatoms. The van der Waals surface area contributed by atoms with E-state index in [2.05, 4.69) is 28.6 Å². The van der Waals surface area contributed by atoms with Gasteiger partial charge in [0.1, 0.15) is 23.9 Å². The van der Waals surface area contributed by atoms with Crippen LogP contribution in [0.2, 0.25) is 0 Å². The van der Waals surface area contributed by atoms with Crippen molar-refractivity contribution in [2.75, 3.05) is 5.75 Å². The Bertz CT molecular complexity index is 1130. The second kappa shape index (κ2) is 14.6. The fraction of sp³-hybridized carbons (Fsp3) is 0.320. The Kier molecular flexibility index (Phi) is 11.6. The van der Waals surface area contributed by atoms with Crippen molar-refractivity contribution in [3.05, 3.63) is 65.7 Å². The molecule has 2 rings (SSSR count). The summed E-state index contributed by atoms with van der Waals surface area (Å²) in [6, 6.07) is 9.58. The highest BCUT2D eigenvalue weighted by molar-refractivity contribution is 7.80. The molecule has 0 saturated heterocycles. The molecule has 204 valence electrons. The first-order valence-electron chi connectivity index (χ1n) is 11.6. The zero-order valence-corrected chi connectivity index (χ0v) is 21.3. The van der Waals surface area contributed by atoms with Gasteiger partial charge in [-0.3, -0.25) is 19.2 Å². The summed E-state index contributed by atoms with van der Waals surface area (Å²) in [5, 5.41) is 26.5. The molecule has 4 unspecified atom stereocenters. The number of rotatable bonds is 14. The van der Waals surface area contributed by atoms with Crippen LogP contribution in [-0.2, 0) is 36.8 Å². The Balaban J connectivity index is 2.18. The zero-order valence-electron chi connectivity index (χ0n) is 20.4. The van der Waals surface area contributed by atoms with Crippen molar-refractivity contribution in [1.29, 1.82) is 0 Å². The Morgan fingerprint density at radius 2 is 1.26 bits per heavy atom. The summed E-state index contributed by atoms with van der Waals surface area (Å²) < 4.78 is 0. The molecule has 38 heavy (non-hydrogen) atoms. The maximum Gasteiger partial charge on any atom is 0.326 e. The lowest BCUT2D eigenvalue weighted by Crippen LogP contribution is -2.58. The minimum absolute atomic E-state index is 0.0108. The van der Waals surface area contributed by atoms with Crippen LogP contribution in [0.3, 0.4) is 0 Å². The van der Waals surface area contributed by atoms with Gasteiger partial charge >= 0.3 is 5.97 Å². The number of primary amides is 1. The fourth-order valence-electron chi connectivity index (χ4n) is 3.45. The van der Waals surface area contributed by atoms with Crippen molar-refractivity contribution in [3.63, 3.8) is 0 Å². The van der Waals surface area contributed by atoms with E-state index in [1.165, 1.54) is 24.3 Å². The minimum atomic E-state index is -1.32. The molecule has 0 radical (unpaired) electrons. The van der Waals surface area contributed by atoms with Gasteiger partial charge in [0, 0.05) is 18.6 Å². The molecular formula is C25H31N5O7S. The second-order valence-corrected chi connectivity index (χ2v) is 8.91. The maximum absolute atomic E-state index is 13.2. The molecule has 2 aromatic rings. The van der Waals surface area contributed by atoms with E-state index in [0.717, 1.165) is 0 Å². The summed E-state index contributed by atoms with van der Waals surface area (Å²) in [4.78, 5) is 61.3. The minimum Gasteiger partial charge on any atom is -0.508 e. The molecule has 0 heterocycles. The molecule has 4 amide bonds. The van der Waals surface area contributed by atoms with E-state index in [1.807, 2.05) is 0 Å². The number of aliphatic carboxylic acids is 1. The number of carbonyl (C=O) groups is 5. The van der Waals surface area contributed by atoms with Crippen LogP contribution in [0.25, 0.3) is 0 Å². The lowest BCUT2D eigenvalue weighted by molar-refractivity contribution is -0.142. The number of carboxylic acid groups (broad SMARTS) is 1. The fourth-order valence-corrected chi connectivity index (χ4v) is 3.71. The Labute approximate surface area is 224 Å². The van der Waals surface area contributed by atoms with E-state index >= 15 is 0 Å². The molecule has 0 saturated carbocycles. The summed E-state index contributed by atoms with van der Waals surface area (Å²) in [6.45, 7) is 0. The van der Waals surface area contributed by atoms with Crippen LogP contribution in [-0.4, -0.2) is 69.7 Å². The van der Waals surface area contributed by atoms with Gasteiger partial charge in [-0.05, 0) is 23.3 Å². The summed E-state index contributed by atoms with van der Waals surface area (Å²) in [5.41, 5.74) is 11.9. The highest BCUT2D eigenvalue weighted by Crippen LogP contribution is 2.12. The van der Waals surface area contributed by atoms with Crippen LogP contribution in [0, 0.1) is 0 Å². The standard InChI is InChI=1S/C25H31N5O7S/c26-17(12-21(27)32)22(33)30-20(13-38)24(35)28-18(10-14-4-2-1-3-5-14)23(34)29-19(25(36)37)11-15-6-8-16(31)9-7-15/h1-9,17-20,31,38H,10-13,26H2,(H2,27,32)(H,28,35)(H,29,34)(H,30,33)(H,36,37). The number of carbonyl (C=O) groups excluding carboxylic acids is 4. The first-order chi connectivity index (χ1) is 18.0. The van der Waals surface area contributed by atoms with Gasteiger partial charge < -0.3 is 37.6 Å². The molecule has 4 atom stereocenters. The monoisotopic (exact) mass is 545 g/mol. The van der Waals surface area contributed by atoms with Crippen LogP contribution in [0.5, 0.6) is 5.75 Å². The van der Waals surface area contributed by atoms with Gasteiger partial charge in [-0.25, -0.2) is 4.79 Å². The smallest absolute Gasteiger partial charge is 0.326 e. The molecule has 12 nitrogen and oxygen atoms in total. The second-order valence-electron chi connectivity index (χ2n) is 8.54. The van der Waals surface area contributed by atoms with E-state index < -0.39 is 60.2 Å². The van der Waals surface area contributed by atoms with Crippen molar-refractivity contribution >= 4 is 42.2 Å². The van der Waals surface area contributed by atoms with Crippen molar-refractivity contribution in [2.45, 2.75) is 43.4 Å². The molecule has 0 aliphatic rings. The number of nitrogens with one attached hydrogen (secondary N) is 3. The largest absolute Gasteiger partial charge is 0.508 e. The third-order valence-electron chi connectivity index (χ3n) is 5.48. The molecule has 9 N–H and O–H groups in total. The zero-order chi connectivity index (χ0) is 28.2. The summed E-state index contributed by atoms with van der Waals surface area (Å²) in [6.07, 6.45) is -0.470. The van der Waals surface area contributed by atoms with Gasteiger partial charge in [0.05, 0.1) is 12.5 Å². The molecule has 0 aliphatic heterocycles. The van der Waals surface area contributed by atoms with Crippen LogP contribution < -0.4 is 27.4 Å². The Morgan fingerprint density at radius 3 is 1.82 bits per heavy atom. The highest BCUT2D eigenvalue weighted by Gasteiger charge is 2.30. The predicted octanol–water partition coefficient (Wildman–Crippen LogP) is -1.15. The lowest BCUT2D eigenvalue weighted by Gasteiger charge is -2.24. The van der Waals surface area contributed by atoms with Crippen molar-refractivity contribution in [2.24, 2.45) is 11.5 Å². The van der Waals surface area contributed by atoms with Crippen molar-refractivity contribution < 1.29 is 34.2 Å². The SMILES string of the molecule is NC(=O)CC(N)C(=O)NC(CS)C(=O)NC(Cc1ccccc1)C(=O)NC(Cc1ccc(O)cc1)C(=O)O. The number of benzene rings is 2. The van der Waals surface area contributed by atoms with Crippen molar-refractivity contribution in [3.8, 4) is 5.75 Å². The van der Waals surface area contributed by atoms with Crippen LogP contribution in [0.1, 0.15) is 17.5 Å². The topological polar surface area (TPSA) is 214 Å². The molecule has 0 fully saturated rings. The number of aromatic hydroxyl groups is 1. The molecule has 0 spiro atoms. The average Bonchev–Trinajstić information content (AvgIpc) is 2.87. The quantitative estimate of drug-likeness (QED) is 0.135. The molecule has 2 aromatic carbocycles. The number of carboxylic acids is 1. The van der Waals surface area contributed by atoms with Gasteiger partial charge in [-0.2, -0.15) is 12.6 Å². The van der Waals surface area contributed by atoms with Gasteiger partial charge in [0.15, 0.2) is 0 Å². The Hall–Kier alpha value is -4.10. The van der Waals surface area contributed by atoms with Crippen molar-refractivity contribution in [1.82, 2.24) is 16.0 Å². The van der Waals surface area contributed by atoms with Crippen LogP contribution in [0.15, 0.2) is 54.6 Å².